The number of nitrogens with zero attached hydrogens (tertiary/aromatic N) is 1. The van der Waals surface area contributed by atoms with Gasteiger partial charge in [-0.1, -0.05) is 36.4 Å². The zero-order chi connectivity index (χ0) is 21.3. The van der Waals surface area contributed by atoms with Crippen molar-refractivity contribution in [1.29, 1.82) is 0 Å². The molecule has 0 aliphatic carbocycles. The Morgan fingerprint density at radius 1 is 0.967 bits per heavy atom. The molecule has 5 heteroatoms. The van der Waals surface area contributed by atoms with Crippen LogP contribution < -0.4 is 0 Å². The van der Waals surface area contributed by atoms with Crippen LogP contribution in [0, 0.1) is 13.8 Å². The summed E-state index contributed by atoms with van der Waals surface area (Å²) >= 11 is 1.55. The van der Waals surface area contributed by atoms with Crippen LogP contribution >= 0.6 is 11.3 Å². The molecule has 0 unspecified atom stereocenters. The zero-order valence-electron chi connectivity index (χ0n) is 17.0. The van der Waals surface area contributed by atoms with Gasteiger partial charge in [0.1, 0.15) is 0 Å². The van der Waals surface area contributed by atoms with Crippen LogP contribution in [0.25, 0.3) is 21.5 Å². The lowest BCUT2D eigenvalue weighted by molar-refractivity contribution is 0.0320. The third-order valence-electron chi connectivity index (χ3n) is 5.15. The van der Waals surface area contributed by atoms with Gasteiger partial charge in [-0.05, 0) is 61.5 Å². The molecule has 0 aliphatic rings. The molecule has 2 aromatic heterocycles. The third kappa shape index (κ3) is 3.89. The van der Waals surface area contributed by atoms with Crippen molar-refractivity contribution in [3.63, 3.8) is 0 Å². The van der Waals surface area contributed by atoms with Crippen molar-refractivity contribution in [3.05, 3.63) is 88.3 Å². The molecule has 0 saturated carbocycles. The van der Waals surface area contributed by atoms with Crippen LogP contribution in [0.3, 0.4) is 0 Å². The van der Waals surface area contributed by atoms with Crippen LogP contribution in [0.15, 0.2) is 66.0 Å². The Morgan fingerprint density at radius 3 is 2.50 bits per heavy atom. The smallest absolute Gasteiger partial charge is 0.339 e. The average Bonchev–Trinajstić information content (AvgIpc) is 3.29. The second-order valence-corrected chi connectivity index (χ2v) is 8.21. The molecule has 0 radical (unpaired) electrons. The van der Waals surface area contributed by atoms with Gasteiger partial charge in [-0.15, -0.1) is 11.3 Å². The lowest BCUT2D eigenvalue weighted by Crippen LogP contribution is -2.24. The molecule has 0 fully saturated rings. The number of Topliss-reactive ketones (excluding diaryl/α,β-unsaturated/α-hetero) is 1. The summed E-state index contributed by atoms with van der Waals surface area (Å²) < 4.78 is 5.59. The van der Waals surface area contributed by atoms with E-state index in [0.29, 0.717) is 27.7 Å². The SMILES string of the molecule is Cc1ccc(C(=O)[C@@H](C)OC(=O)c2cc(-c3cccs3)nc3ccccc23)cc1C. The van der Waals surface area contributed by atoms with Crippen molar-refractivity contribution in [2.24, 2.45) is 0 Å². The number of hydrogen-bond acceptors (Lipinski definition) is 5. The van der Waals surface area contributed by atoms with E-state index in [2.05, 4.69) is 4.98 Å². The molecule has 0 saturated heterocycles. The third-order valence-corrected chi connectivity index (χ3v) is 6.05. The first kappa shape index (κ1) is 20.0. The number of esters is 1. The Bertz CT molecular complexity index is 1240. The number of fused-ring (bicyclic) bond motifs is 1. The number of aromatic nitrogens is 1. The van der Waals surface area contributed by atoms with E-state index in [4.69, 9.17) is 4.74 Å². The Hall–Kier alpha value is -3.31. The lowest BCUT2D eigenvalue weighted by Gasteiger charge is -2.15. The molecule has 0 amide bonds. The predicted octanol–water partition coefficient (Wildman–Crippen LogP) is 6.01. The zero-order valence-corrected chi connectivity index (χ0v) is 17.8. The van der Waals surface area contributed by atoms with Gasteiger partial charge in [0.25, 0.3) is 0 Å². The second-order valence-electron chi connectivity index (χ2n) is 7.26. The van der Waals surface area contributed by atoms with E-state index in [1.54, 1.807) is 30.4 Å². The number of ether oxygens (including phenoxy) is 1. The molecule has 1 atom stereocenters. The first-order valence-electron chi connectivity index (χ1n) is 9.70. The van der Waals surface area contributed by atoms with Crippen LogP contribution in [-0.2, 0) is 4.74 Å². The van der Waals surface area contributed by atoms with Crippen LogP contribution in [-0.4, -0.2) is 22.8 Å². The minimum Gasteiger partial charge on any atom is -0.451 e. The Kier molecular flexibility index (Phi) is 5.46. The summed E-state index contributed by atoms with van der Waals surface area (Å²) in [7, 11) is 0. The Balaban J connectivity index is 1.65. The molecule has 0 aliphatic heterocycles. The van der Waals surface area contributed by atoms with Gasteiger partial charge in [-0.2, -0.15) is 0 Å². The molecule has 150 valence electrons. The van der Waals surface area contributed by atoms with E-state index >= 15 is 0 Å². The molecule has 4 rings (SSSR count). The van der Waals surface area contributed by atoms with Crippen molar-refractivity contribution in [3.8, 4) is 10.6 Å². The molecular formula is C25H21NO3S. The van der Waals surface area contributed by atoms with Gasteiger partial charge in [-0.3, -0.25) is 4.79 Å². The number of ketones is 1. The average molecular weight is 416 g/mol. The maximum Gasteiger partial charge on any atom is 0.339 e. The molecule has 4 aromatic rings. The first-order valence-corrected chi connectivity index (χ1v) is 10.6. The fraction of sp³-hybridized carbons (Fsp3) is 0.160. The van der Waals surface area contributed by atoms with E-state index in [0.717, 1.165) is 16.0 Å². The quantitative estimate of drug-likeness (QED) is 0.296. The van der Waals surface area contributed by atoms with Gasteiger partial charge in [0, 0.05) is 10.9 Å². The monoisotopic (exact) mass is 415 g/mol. The molecule has 0 N–H and O–H groups in total. The molecule has 0 spiro atoms. The van der Waals surface area contributed by atoms with Crippen molar-refractivity contribution < 1.29 is 14.3 Å². The van der Waals surface area contributed by atoms with Crippen molar-refractivity contribution in [2.75, 3.05) is 0 Å². The van der Waals surface area contributed by atoms with E-state index in [-0.39, 0.29) is 5.78 Å². The Labute approximate surface area is 179 Å². The van der Waals surface area contributed by atoms with Crippen LogP contribution in [0.5, 0.6) is 0 Å². The fourth-order valence-corrected chi connectivity index (χ4v) is 3.99. The topological polar surface area (TPSA) is 56.3 Å². The number of aryl methyl sites for hydroxylation is 2. The van der Waals surface area contributed by atoms with E-state index in [1.165, 1.54) is 0 Å². The number of rotatable bonds is 5. The number of benzene rings is 2. The fourth-order valence-electron chi connectivity index (χ4n) is 3.30. The molecule has 0 bridgehead atoms. The highest BCUT2D eigenvalue weighted by molar-refractivity contribution is 7.13. The van der Waals surface area contributed by atoms with Gasteiger partial charge < -0.3 is 4.74 Å². The van der Waals surface area contributed by atoms with Crippen LogP contribution in [0.1, 0.15) is 38.8 Å². The summed E-state index contributed by atoms with van der Waals surface area (Å²) in [5.74, 6) is -0.751. The Morgan fingerprint density at radius 2 is 1.77 bits per heavy atom. The van der Waals surface area contributed by atoms with E-state index < -0.39 is 12.1 Å². The van der Waals surface area contributed by atoms with Crippen molar-refractivity contribution >= 4 is 34.0 Å². The van der Waals surface area contributed by atoms with Crippen molar-refractivity contribution in [1.82, 2.24) is 4.98 Å². The first-order chi connectivity index (χ1) is 14.4. The standard InChI is InChI=1S/C25H21NO3S/c1-15-10-11-18(13-16(15)2)24(27)17(3)29-25(28)20-14-22(23-9-6-12-30-23)26-21-8-5-4-7-19(20)21/h4-14,17H,1-3H3/t17-/m1/s1. The molecule has 2 heterocycles. The van der Waals surface area contributed by atoms with Gasteiger partial charge in [-0.25, -0.2) is 9.78 Å². The molecular weight excluding hydrogens is 394 g/mol. The van der Waals surface area contributed by atoms with Crippen LogP contribution in [0.4, 0.5) is 0 Å². The minimum atomic E-state index is -0.892. The molecule has 2 aromatic carbocycles. The highest BCUT2D eigenvalue weighted by Crippen LogP contribution is 2.28. The summed E-state index contributed by atoms with van der Waals surface area (Å²) in [5.41, 5.74) is 4.51. The largest absolute Gasteiger partial charge is 0.451 e. The molecule has 4 nitrogen and oxygen atoms in total. The number of para-hydroxylation sites is 1. The van der Waals surface area contributed by atoms with Gasteiger partial charge in [0.2, 0.25) is 5.78 Å². The highest BCUT2D eigenvalue weighted by Gasteiger charge is 2.23. The van der Waals surface area contributed by atoms with E-state index in [1.807, 2.05) is 67.8 Å². The van der Waals surface area contributed by atoms with Gasteiger partial charge in [0.15, 0.2) is 6.10 Å². The van der Waals surface area contributed by atoms with Crippen LogP contribution in [0.2, 0.25) is 0 Å². The number of thiophene rings is 1. The van der Waals surface area contributed by atoms with Gasteiger partial charge in [0.05, 0.1) is 21.7 Å². The van der Waals surface area contributed by atoms with Gasteiger partial charge >= 0.3 is 5.97 Å². The lowest BCUT2D eigenvalue weighted by atomic mass is 10.0. The molecule has 30 heavy (non-hydrogen) atoms. The highest BCUT2D eigenvalue weighted by atomic mass is 32.1. The van der Waals surface area contributed by atoms with E-state index in [9.17, 15) is 9.59 Å². The predicted molar refractivity (Wildman–Crippen MR) is 120 cm³/mol. The number of carbonyl (C=O) groups excluding carboxylic acids is 2. The maximum atomic E-state index is 13.0. The second kappa shape index (κ2) is 8.20. The summed E-state index contributed by atoms with van der Waals surface area (Å²) in [6.07, 6.45) is -0.892. The summed E-state index contributed by atoms with van der Waals surface area (Å²) in [4.78, 5) is 31.5. The number of pyridine rings is 1. The number of hydrogen-bond donors (Lipinski definition) is 0. The summed E-state index contributed by atoms with van der Waals surface area (Å²) in [6, 6.07) is 18.6. The summed E-state index contributed by atoms with van der Waals surface area (Å²) in [5, 5.41) is 2.67. The minimum absolute atomic E-state index is 0.219. The normalized spacial score (nSPS) is 12.0. The van der Waals surface area contributed by atoms with Crippen molar-refractivity contribution in [2.45, 2.75) is 26.9 Å². The maximum absolute atomic E-state index is 13.0. The number of carbonyl (C=O) groups is 2. The summed E-state index contributed by atoms with van der Waals surface area (Å²) in [6.45, 7) is 5.56.